The smallest absolute Gasteiger partial charge is 0.433 e. The number of piperazine rings is 1. The molecule has 0 N–H and O–H groups in total. The van der Waals surface area contributed by atoms with Crippen molar-refractivity contribution in [3.05, 3.63) is 58.4 Å². The van der Waals surface area contributed by atoms with Crippen LogP contribution in [0.15, 0.2) is 30.5 Å². The van der Waals surface area contributed by atoms with Crippen molar-refractivity contribution in [2.45, 2.75) is 58.4 Å². The third-order valence-corrected chi connectivity index (χ3v) is 6.87. The number of carbonyl (C=O) groups is 1. The van der Waals surface area contributed by atoms with Gasteiger partial charge in [-0.15, -0.1) is 0 Å². The number of likely N-dealkylation sites (tertiary alicyclic amines) is 2. The number of carbonyl (C=O) groups excluding carboxylic acids is 1. The van der Waals surface area contributed by atoms with E-state index in [2.05, 4.69) is 36.7 Å². The molecule has 32 heavy (non-hydrogen) atoms. The fraction of sp³-hybridized carbons (Fsp3) is 0.500. The van der Waals surface area contributed by atoms with Gasteiger partial charge in [0, 0.05) is 37.4 Å². The first-order chi connectivity index (χ1) is 15.1. The lowest BCUT2D eigenvalue weighted by atomic mass is 9.96. The van der Waals surface area contributed by atoms with Gasteiger partial charge in [-0.2, -0.15) is 13.2 Å². The number of ether oxygens (including phenoxy) is 1. The highest BCUT2D eigenvalue weighted by molar-refractivity contribution is 5.94. The zero-order valence-electron chi connectivity index (χ0n) is 18.7. The van der Waals surface area contributed by atoms with Gasteiger partial charge in [0.05, 0.1) is 12.2 Å². The van der Waals surface area contributed by atoms with Crippen LogP contribution in [0.4, 0.5) is 13.2 Å². The fourth-order valence-corrected chi connectivity index (χ4v) is 5.03. The predicted molar refractivity (Wildman–Crippen MR) is 115 cm³/mol. The Labute approximate surface area is 186 Å². The molecule has 3 heterocycles. The molecule has 1 aromatic carbocycles. The molecule has 0 aliphatic carbocycles. The van der Waals surface area contributed by atoms with E-state index in [9.17, 15) is 18.0 Å². The van der Waals surface area contributed by atoms with Crippen LogP contribution in [0.5, 0.6) is 5.75 Å². The molecular weight excluding hydrogens is 419 g/mol. The lowest BCUT2D eigenvalue weighted by Crippen LogP contribution is -2.49. The summed E-state index contributed by atoms with van der Waals surface area (Å²) in [6.45, 7) is 10.3. The number of amides is 1. The van der Waals surface area contributed by atoms with Gasteiger partial charge in [0.15, 0.2) is 0 Å². The van der Waals surface area contributed by atoms with Crippen LogP contribution in [0.3, 0.4) is 0 Å². The molecule has 4 rings (SSSR count). The molecule has 172 valence electrons. The van der Waals surface area contributed by atoms with Crippen LogP contribution in [0.2, 0.25) is 0 Å². The molecule has 0 radical (unpaired) electrons. The number of aromatic nitrogens is 1. The molecule has 2 fully saturated rings. The first kappa shape index (κ1) is 22.6. The van der Waals surface area contributed by atoms with E-state index in [-0.39, 0.29) is 29.6 Å². The van der Waals surface area contributed by atoms with E-state index in [0.717, 1.165) is 36.5 Å². The standard InChI is InChI=1S/C24H28F3N3O2/c1-5-32-21-8-7-20(14(2)15(21)3)16(4)29-12-19-10-18(29)13-30(19)23(31)17-6-9-22(28-11-17)24(25,26)27/h6-9,11,16,18-19H,5,10,12-13H2,1-4H3/t16-,18+,19+/m0/s1. The average molecular weight is 448 g/mol. The second-order valence-corrected chi connectivity index (χ2v) is 8.64. The zero-order chi connectivity index (χ0) is 23.2. The van der Waals surface area contributed by atoms with Crippen LogP contribution in [0.25, 0.3) is 0 Å². The minimum Gasteiger partial charge on any atom is -0.494 e. The summed E-state index contributed by atoms with van der Waals surface area (Å²) in [5.41, 5.74) is 2.83. The Morgan fingerprint density at radius 1 is 1.16 bits per heavy atom. The quantitative estimate of drug-likeness (QED) is 0.662. The summed E-state index contributed by atoms with van der Waals surface area (Å²) in [6.07, 6.45) is -2.61. The molecule has 2 aliphatic rings. The molecular formula is C24H28F3N3O2. The van der Waals surface area contributed by atoms with Crippen LogP contribution >= 0.6 is 0 Å². The Balaban J connectivity index is 1.45. The number of alkyl halides is 3. The highest BCUT2D eigenvalue weighted by atomic mass is 19.4. The summed E-state index contributed by atoms with van der Waals surface area (Å²) < 4.78 is 43.9. The van der Waals surface area contributed by atoms with E-state index >= 15 is 0 Å². The third-order valence-electron chi connectivity index (χ3n) is 6.87. The van der Waals surface area contributed by atoms with E-state index in [1.807, 2.05) is 13.0 Å². The second kappa shape index (κ2) is 8.39. The molecule has 0 saturated carbocycles. The third kappa shape index (κ3) is 3.96. The van der Waals surface area contributed by atoms with Crippen molar-refractivity contribution >= 4 is 5.91 Å². The number of fused-ring (bicyclic) bond motifs is 2. The van der Waals surface area contributed by atoms with Gasteiger partial charge in [-0.25, -0.2) is 0 Å². The molecule has 0 spiro atoms. The highest BCUT2D eigenvalue weighted by Gasteiger charge is 2.47. The number of rotatable bonds is 5. The summed E-state index contributed by atoms with van der Waals surface area (Å²) in [4.78, 5) is 20.6. The van der Waals surface area contributed by atoms with Crippen molar-refractivity contribution in [3.63, 3.8) is 0 Å². The van der Waals surface area contributed by atoms with Crippen LogP contribution in [0, 0.1) is 13.8 Å². The number of benzene rings is 1. The minimum atomic E-state index is -4.51. The Morgan fingerprint density at radius 2 is 1.91 bits per heavy atom. The summed E-state index contributed by atoms with van der Waals surface area (Å²) in [5.74, 6) is 0.657. The van der Waals surface area contributed by atoms with Crippen molar-refractivity contribution in [1.29, 1.82) is 0 Å². The Morgan fingerprint density at radius 3 is 2.47 bits per heavy atom. The monoisotopic (exact) mass is 447 g/mol. The highest BCUT2D eigenvalue weighted by Crippen LogP contribution is 2.39. The van der Waals surface area contributed by atoms with Crippen LogP contribution in [0.1, 0.15) is 59.1 Å². The predicted octanol–water partition coefficient (Wildman–Crippen LogP) is 4.78. The van der Waals surface area contributed by atoms with Gasteiger partial charge in [-0.05, 0) is 69.0 Å². The summed E-state index contributed by atoms with van der Waals surface area (Å²) in [7, 11) is 0. The largest absolute Gasteiger partial charge is 0.494 e. The second-order valence-electron chi connectivity index (χ2n) is 8.64. The van der Waals surface area contributed by atoms with Crippen molar-refractivity contribution in [1.82, 2.24) is 14.8 Å². The number of nitrogens with zero attached hydrogens (tertiary/aromatic N) is 3. The lowest BCUT2D eigenvalue weighted by Gasteiger charge is -2.38. The van der Waals surface area contributed by atoms with Gasteiger partial charge in [0.1, 0.15) is 11.4 Å². The maximum atomic E-state index is 12.9. The number of hydrogen-bond donors (Lipinski definition) is 0. The number of halogens is 3. The SMILES string of the molecule is CCOc1ccc([C@H](C)N2C[C@H]3C[C@@H]2CN3C(=O)c2ccc(C(F)(F)F)nc2)c(C)c1C. The molecule has 2 bridgehead atoms. The fourth-order valence-electron chi connectivity index (χ4n) is 5.03. The molecule has 2 aliphatic heterocycles. The van der Waals surface area contributed by atoms with Crippen LogP contribution in [-0.4, -0.2) is 52.5 Å². The molecule has 2 aromatic rings. The molecule has 5 nitrogen and oxygen atoms in total. The number of pyridine rings is 1. The molecule has 2 saturated heterocycles. The molecule has 1 aromatic heterocycles. The maximum absolute atomic E-state index is 12.9. The summed E-state index contributed by atoms with van der Waals surface area (Å²) in [6, 6.07) is 6.72. The maximum Gasteiger partial charge on any atom is 0.433 e. The summed E-state index contributed by atoms with van der Waals surface area (Å²) in [5, 5.41) is 0. The Kier molecular flexibility index (Phi) is 5.92. The van der Waals surface area contributed by atoms with E-state index in [0.29, 0.717) is 13.2 Å². The van der Waals surface area contributed by atoms with Crippen LogP contribution < -0.4 is 4.74 Å². The van der Waals surface area contributed by atoms with E-state index in [1.54, 1.807) is 4.90 Å². The van der Waals surface area contributed by atoms with Gasteiger partial charge in [-0.1, -0.05) is 6.07 Å². The molecule has 1 amide bonds. The van der Waals surface area contributed by atoms with Crippen molar-refractivity contribution in [2.75, 3.05) is 19.7 Å². The Hall–Kier alpha value is -2.61. The lowest BCUT2D eigenvalue weighted by molar-refractivity contribution is -0.141. The van der Waals surface area contributed by atoms with Gasteiger partial charge in [0.2, 0.25) is 0 Å². The van der Waals surface area contributed by atoms with Crippen molar-refractivity contribution < 1.29 is 22.7 Å². The molecule has 8 heteroatoms. The van der Waals surface area contributed by atoms with Gasteiger partial charge in [-0.3, -0.25) is 14.7 Å². The molecule has 3 atom stereocenters. The van der Waals surface area contributed by atoms with Crippen molar-refractivity contribution in [2.24, 2.45) is 0 Å². The Bertz CT molecular complexity index is 1010. The van der Waals surface area contributed by atoms with E-state index in [4.69, 9.17) is 4.74 Å². The van der Waals surface area contributed by atoms with Crippen molar-refractivity contribution in [3.8, 4) is 5.75 Å². The zero-order valence-corrected chi connectivity index (χ0v) is 18.7. The molecule has 0 unspecified atom stereocenters. The van der Waals surface area contributed by atoms with Gasteiger partial charge in [0.25, 0.3) is 5.91 Å². The van der Waals surface area contributed by atoms with E-state index < -0.39 is 11.9 Å². The first-order valence-corrected chi connectivity index (χ1v) is 10.9. The van der Waals surface area contributed by atoms with Gasteiger partial charge < -0.3 is 9.64 Å². The van der Waals surface area contributed by atoms with Crippen LogP contribution in [-0.2, 0) is 6.18 Å². The normalized spacial score (nSPS) is 21.8. The summed E-state index contributed by atoms with van der Waals surface area (Å²) >= 11 is 0. The average Bonchev–Trinajstić information content (AvgIpc) is 3.37. The van der Waals surface area contributed by atoms with E-state index in [1.165, 1.54) is 17.2 Å². The number of hydrogen-bond acceptors (Lipinski definition) is 4. The first-order valence-electron chi connectivity index (χ1n) is 10.9. The van der Waals surface area contributed by atoms with Gasteiger partial charge >= 0.3 is 6.18 Å². The minimum absolute atomic E-state index is 0.0568. The topological polar surface area (TPSA) is 45.7 Å².